The third-order valence-electron chi connectivity index (χ3n) is 5.85. The van der Waals surface area contributed by atoms with Gasteiger partial charge in [-0.2, -0.15) is 0 Å². The van der Waals surface area contributed by atoms with Crippen molar-refractivity contribution in [2.45, 2.75) is 44.2 Å². The molecule has 3 aromatic rings. The number of nitrogens with one attached hydrogen (secondary N) is 1. The van der Waals surface area contributed by atoms with Gasteiger partial charge in [-0.15, -0.1) is 0 Å². The quantitative estimate of drug-likeness (QED) is 0.480. The van der Waals surface area contributed by atoms with Crippen LogP contribution >= 0.6 is 23.2 Å². The fourth-order valence-electron chi connectivity index (χ4n) is 4.09. The lowest BCUT2D eigenvalue weighted by Crippen LogP contribution is -2.46. The number of hydrogen-bond acceptors (Lipinski definition) is 2. The number of aryl methyl sites for hydroxylation is 1. The van der Waals surface area contributed by atoms with Gasteiger partial charge in [0, 0.05) is 22.0 Å². The van der Waals surface area contributed by atoms with Crippen LogP contribution < -0.4 is 10.1 Å². The third-order valence-corrected chi connectivity index (χ3v) is 6.35. The van der Waals surface area contributed by atoms with Crippen molar-refractivity contribution in [2.75, 3.05) is 0 Å². The summed E-state index contributed by atoms with van der Waals surface area (Å²) >= 11 is 12.2. The van der Waals surface area contributed by atoms with E-state index in [4.69, 9.17) is 27.9 Å². The molecule has 1 N–H and O–H groups in total. The number of rotatable bonds is 6. The van der Waals surface area contributed by atoms with Crippen LogP contribution in [0.25, 0.3) is 0 Å². The molecule has 0 aromatic heterocycles. The van der Waals surface area contributed by atoms with Crippen LogP contribution in [0.4, 0.5) is 0 Å². The molecule has 0 fully saturated rings. The van der Waals surface area contributed by atoms with Gasteiger partial charge in [-0.25, -0.2) is 0 Å². The highest BCUT2D eigenvalue weighted by Gasteiger charge is 2.29. The SMILES string of the molecule is CC(NC(=O)C1CCc2ccccc2O1)C(Cc1ccc(Cl)cc1)c1ccc(Cl)cc1. The van der Waals surface area contributed by atoms with E-state index in [9.17, 15) is 4.79 Å². The first-order valence-electron chi connectivity index (χ1n) is 10.5. The average molecular weight is 454 g/mol. The van der Waals surface area contributed by atoms with Gasteiger partial charge in [-0.3, -0.25) is 4.79 Å². The van der Waals surface area contributed by atoms with Gasteiger partial charge in [-0.05, 0) is 73.2 Å². The zero-order chi connectivity index (χ0) is 21.8. The Labute approximate surface area is 193 Å². The van der Waals surface area contributed by atoms with Gasteiger partial charge in [0.1, 0.15) is 5.75 Å². The highest BCUT2D eigenvalue weighted by Crippen LogP contribution is 2.29. The Morgan fingerprint density at radius 2 is 1.65 bits per heavy atom. The van der Waals surface area contributed by atoms with Gasteiger partial charge in [-0.1, -0.05) is 65.7 Å². The molecule has 3 aromatic carbocycles. The van der Waals surface area contributed by atoms with Crippen molar-refractivity contribution in [2.24, 2.45) is 0 Å². The lowest BCUT2D eigenvalue weighted by atomic mass is 9.86. The highest BCUT2D eigenvalue weighted by atomic mass is 35.5. The van der Waals surface area contributed by atoms with Crippen molar-refractivity contribution in [1.82, 2.24) is 5.32 Å². The summed E-state index contributed by atoms with van der Waals surface area (Å²) in [4.78, 5) is 13.0. The molecule has 0 bridgehead atoms. The first-order chi connectivity index (χ1) is 15.0. The second kappa shape index (κ2) is 9.76. The lowest BCUT2D eigenvalue weighted by Gasteiger charge is -2.30. The van der Waals surface area contributed by atoms with E-state index in [1.54, 1.807) is 0 Å². The molecule has 1 aliphatic rings. The Kier molecular flexibility index (Phi) is 6.84. The number of benzene rings is 3. The van der Waals surface area contributed by atoms with E-state index in [1.165, 1.54) is 0 Å². The fraction of sp³-hybridized carbons (Fsp3) is 0.269. The summed E-state index contributed by atoms with van der Waals surface area (Å²) in [5, 5.41) is 4.61. The van der Waals surface area contributed by atoms with E-state index < -0.39 is 6.10 Å². The molecule has 0 spiro atoms. The predicted molar refractivity (Wildman–Crippen MR) is 126 cm³/mol. The molecule has 160 valence electrons. The van der Waals surface area contributed by atoms with Crippen LogP contribution in [0.5, 0.6) is 5.75 Å². The van der Waals surface area contributed by atoms with Gasteiger partial charge in [0.05, 0.1) is 0 Å². The van der Waals surface area contributed by atoms with Crippen molar-refractivity contribution in [1.29, 1.82) is 0 Å². The van der Waals surface area contributed by atoms with E-state index in [1.807, 2.05) is 73.7 Å². The molecule has 4 rings (SSSR count). The normalized spacial score (nSPS) is 17.2. The molecule has 0 saturated carbocycles. The standard InChI is InChI=1S/C26H25Cl2NO2/c1-17(29-26(30)25-15-10-20-4-2-3-5-24(20)31-25)23(19-8-13-22(28)14-9-19)16-18-6-11-21(27)12-7-18/h2-9,11-14,17,23,25H,10,15-16H2,1H3,(H,29,30). The van der Waals surface area contributed by atoms with E-state index in [0.717, 1.165) is 35.3 Å². The van der Waals surface area contributed by atoms with Gasteiger partial charge < -0.3 is 10.1 Å². The maximum absolute atomic E-state index is 13.0. The second-order valence-corrected chi connectivity index (χ2v) is 8.91. The van der Waals surface area contributed by atoms with Crippen molar-refractivity contribution in [3.8, 4) is 5.75 Å². The summed E-state index contributed by atoms with van der Waals surface area (Å²) in [6.07, 6.45) is 1.82. The maximum Gasteiger partial charge on any atom is 0.261 e. The number of para-hydroxylation sites is 1. The summed E-state index contributed by atoms with van der Waals surface area (Å²) in [7, 11) is 0. The summed E-state index contributed by atoms with van der Waals surface area (Å²) in [6.45, 7) is 2.05. The van der Waals surface area contributed by atoms with Crippen molar-refractivity contribution >= 4 is 29.1 Å². The van der Waals surface area contributed by atoms with Crippen molar-refractivity contribution < 1.29 is 9.53 Å². The molecule has 0 aliphatic carbocycles. The number of ether oxygens (including phenoxy) is 1. The fourth-order valence-corrected chi connectivity index (χ4v) is 4.35. The molecular formula is C26H25Cl2NO2. The largest absolute Gasteiger partial charge is 0.480 e. The van der Waals surface area contributed by atoms with Crippen LogP contribution in [0.2, 0.25) is 10.0 Å². The van der Waals surface area contributed by atoms with Crippen molar-refractivity contribution in [3.63, 3.8) is 0 Å². The number of carbonyl (C=O) groups excluding carboxylic acids is 1. The Balaban J connectivity index is 1.50. The summed E-state index contributed by atoms with van der Waals surface area (Å²) in [6, 6.07) is 23.5. The molecule has 0 saturated heterocycles. The van der Waals surface area contributed by atoms with E-state index in [0.29, 0.717) is 16.5 Å². The summed E-state index contributed by atoms with van der Waals surface area (Å²) in [5.41, 5.74) is 3.44. The van der Waals surface area contributed by atoms with E-state index in [-0.39, 0.29) is 17.9 Å². The van der Waals surface area contributed by atoms with E-state index in [2.05, 4.69) is 11.4 Å². The molecule has 3 nitrogen and oxygen atoms in total. The number of fused-ring (bicyclic) bond motifs is 1. The molecule has 3 atom stereocenters. The molecule has 1 heterocycles. The Hall–Kier alpha value is -2.49. The van der Waals surface area contributed by atoms with Crippen LogP contribution in [0.3, 0.4) is 0 Å². The monoisotopic (exact) mass is 453 g/mol. The minimum atomic E-state index is -0.473. The molecule has 31 heavy (non-hydrogen) atoms. The second-order valence-electron chi connectivity index (χ2n) is 8.04. The maximum atomic E-state index is 13.0. The van der Waals surface area contributed by atoms with Gasteiger partial charge >= 0.3 is 0 Å². The number of amides is 1. The highest BCUT2D eigenvalue weighted by molar-refractivity contribution is 6.30. The summed E-state index contributed by atoms with van der Waals surface area (Å²) < 4.78 is 5.98. The Morgan fingerprint density at radius 3 is 2.35 bits per heavy atom. The lowest BCUT2D eigenvalue weighted by molar-refractivity contribution is -0.129. The summed E-state index contributed by atoms with van der Waals surface area (Å²) in [5.74, 6) is 0.812. The molecular weight excluding hydrogens is 429 g/mol. The third kappa shape index (κ3) is 5.41. The predicted octanol–water partition coefficient (Wildman–Crippen LogP) is 6.22. The molecule has 5 heteroatoms. The van der Waals surface area contributed by atoms with Crippen LogP contribution in [0, 0.1) is 0 Å². The smallest absolute Gasteiger partial charge is 0.261 e. The van der Waals surface area contributed by atoms with Crippen LogP contribution in [-0.2, 0) is 17.6 Å². The molecule has 3 unspecified atom stereocenters. The Bertz CT molecular complexity index is 1030. The van der Waals surface area contributed by atoms with Gasteiger partial charge in [0.25, 0.3) is 5.91 Å². The zero-order valence-corrected chi connectivity index (χ0v) is 18.9. The number of halogens is 2. The zero-order valence-electron chi connectivity index (χ0n) is 17.4. The molecule has 0 radical (unpaired) electrons. The van der Waals surface area contributed by atoms with Gasteiger partial charge in [0.2, 0.25) is 0 Å². The van der Waals surface area contributed by atoms with Crippen molar-refractivity contribution in [3.05, 3.63) is 99.5 Å². The molecule has 1 amide bonds. The van der Waals surface area contributed by atoms with E-state index >= 15 is 0 Å². The number of carbonyl (C=O) groups is 1. The minimum absolute atomic E-state index is 0.0722. The molecule has 1 aliphatic heterocycles. The minimum Gasteiger partial charge on any atom is -0.480 e. The first kappa shape index (κ1) is 21.7. The topological polar surface area (TPSA) is 38.3 Å². The van der Waals surface area contributed by atoms with Crippen LogP contribution in [0.15, 0.2) is 72.8 Å². The number of hydrogen-bond donors (Lipinski definition) is 1. The average Bonchev–Trinajstić information content (AvgIpc) is 2.79. The Morgan fingerprint density at radius 1 is 1.00 bits per heavy atom. The first-order valence-corrected chi connectivity index (χ1v) is 11.3. The van der Waals surface area contributed by atoms with Gasteiger partial charge in [0.15, 0.2) is 6.10 Å². The van der Waals surface area contributed by atoms with Crippen LogP contribution in [-0.4, -0.2) is 18.1 Å². The van der Waals surface area contributed by atoms with Crippen LogP contribution in [0.1, 0.15) is 36.0 Å².